The average Bonchev–Trinajstić information content (AvgIpc) is 2.89. The van der Waals surface area contributed by atoms with Gasteiger partial charge in [0.25, 0.3) is 5.97 Å². The van der Waals surface area contributed by atoms with E-state index < -0.39 is 17.9 Å². The zero-order valence-electron chi connectivity index (χ0n) is 21.6. The summed E-state index contributed by atoms with van der Waals surface area (Å²) in [6.45, 7) is 3.45. The van der Waals surface area contributed by atoms with Gasteiger partial charge >= 0.3 is 5.97 Å². The predicted octanol–water partition coefficient (Wildman–Crippen LogP) is 1.33. The van der Waals surface area contributed by atoms with Gasteiger partial charge in [-0.15, -0.1) is 0 Å². The van der Waals surface area contributed by atoms with Crippen LogP contribution in [0, 0.1) is 0 Å². The lowest BCUT2D eigenvalue weighted by atomic mass is 9.99. The van der Waals surface area contributed by atoms with Crippen molar-refractivity contribution in [3.63, 3.8) is 0 Å². The zero-order chi connectivity index (χ0) is 26.3. The first kappa shape index (κ1) is 32.3. The number of carbonyl (C=O) groups is 1. The van der Waals surface area contributed by atoms with E-state index in [0.29, 0.717) is 45.3 Å². The lowest BCUT2D eigenvalue weighted by molar-refractivity contribution is -0.389. The van der Waals surface area contributed by atoms with Crippen LogP contribution in [0.1, 0.15) is 18.0 Å². The number of carboxylic acid groups (broad SMARTS) is 1. The van der Waals surface area contributed by atoms with E-state index in [1.165, 1.54) is 6.20 Å². The summed E-state index contributed by atoms with van der Waals surface area (Å²) < 4.78 is 49.4. The Morgan fingerprint density at radius 1 is 0.750 bits per heavy atom. The number of carboxylic acids is 1. The maximum absolute atomic E-state index is 12.2. The third kappa shape index (κ3) is 14.7. The number of aromatic nitrogens is 1. The first-order valence-corrected chi connectivity index (χ1v) is 11.8. The molecule has 1 unspecified atom stereocenters. The molecule has 208 valence electrons. The number of nitrogens with zero attached hydrogens (tertiary/aromatic N) is 1. The van der Waals surface area contributed by atoms with Crippen molar-refractivity contribution in [1.82, 2.24) is 4.98 Å². The third-order valence-corrected chi connectivity index (χ3v) is 4.74. The van der Waals surface area contributed by atoms with Crippen LogP contribution in [-0.2, 0) is 47.4 Å². The molecule has 0 spiro atoms. The molecule has 0 aliphatic carbocycles. The molecule has 1 aromatic rings. The Labute approximate surface area is 213 Å². The standard InChI is InChI=1S/C24H41NO11/c1-28-8-11-31-14-17-34-24(35-18-15-32-12-9-29-2,36-19-16-33-13-10-30-3)20-21(23(26)27)22-6-4-5-7-25-22/h4-7,21H,8-20H2,1-3H3,(H,26,27). The number of hydrogen-bond acceptors (Lipinski definition) is 11. The van der Waals surface area contributed by atoms with Crippen LogP contribution in [0.2, 0.25) is 0 Å². The van der Waals surface area contributed by atoms with E-state index in [9.17, 15) is 9.90 Å². The van der Waals surface area contributed by atoms with Gasteiger partial charge in [0, 0.05) is 33.9 Å². The molecule has 0 radical (unpaired) electrons. The highest BCUT2D eigenvalue weighted by Crippen LogP contribution is 2.31. The van der Waals surface area contributed by atoms with Gasteiger partial charge in [-0.25, -0.2) is 0 Å². The molecular weight excluding hydrogens is 478 g/mol. The van der Waals surface area contributed by atoms with Crippen LogP contribution < -0.4 is 0 Å². The molecule has 1 aromatic heterocycles. The van der Waals surface area contributed by atoms with Gasteiger partial charge < -0.3 is 47.7 Å². The normalized spacial score (nSPS) is 12.6. The van der Waals surface area contributed by atoms with E-state index >= 15 is 0 Å². The topological polar surface area (TPSA) is 133 Å². The van der Waals surface area contributed by atoms with E-state index in [1.807, 2.05) is 0 Å². The summed E-state index contributed by atoms with van der Waals surface area (Å²) in [5.74, 6) is -3.84. The summed E-state index contributed by atoms with van der Waals surface area (Å²) in [5.41, 5.74) is 0.356. The van der Waals surface area contributed by atoms with Crippen molar-refractivity contribution in [2.45, 2.75) is 18.3 Å². The number of methoxy groups -OCH3 is 3. The molecule has 0 saturated heterocycles. The fraction of sp³-hybridized carbons (Fsp3) is 0.750. The Hall–Kier alpha value is -1.74. The van der Waals surface area contributed by atoms with Crippen molar-refractivity contribution in [1.29, 1.82) is 0 Å². The van der Waals surface area contributed by atoms with Crippen LogP contribution in [0.15, 0.2) is 24.4 Å². The summed E-state index contributed by atoms with van der Waals surface area (Å²) in [6.07, 6.45) is 1.38. The molecule has 0 aromatic carbocycles. The smallest absolute Gasteiger partial charge is 0.312 e. The van der Waals surface area contributed by atoms with Crippen LogP contribution >= 0.6 is 0 Å². The van der Waals surface area contributed by atoms with E-state index in [0.717, 1.165) is 0 Å². The first-order chi connectivity index (χ1) is 17.6. The molecule has 1 atom stereocenters. The van der Waals surface area contributed by atoms with E-state index in [-0.39, 0.29) is 46.1 Å². The van der Waals surface area contributed by atoms with Crippen LogP contribution in [0.3, 0.4) is 0 Å². The number of aliphatic carboxylic acids is 1. The Morgan fingerprint density at radius 2 is 1.19 bits per heavy atom. The molecular formula is C24H41NO11. The molecule has 0 fully saturated rings. The average molecular weight is 520 g/mol. The Balaban J connectivity index is 2.96. The maximum Gasteiger partial charge on any atom is 0.312 e. The fourth-order valence-corrected chi connectivity index (χ4v) is 2.95. The van der Waals surface area contributed by atoms with Crippen LogP contribution in [0.25, 0.3) is 0 Å². The van der Waals surface area contributed by atoms with E-state index in [4.69, 9.17) is 42.6 Å². The molecule has 12 heteroatoms. The molecule has 0 saturated carbocycles. The predicted molar refractivity (Wildman–Crippen MR) is 128 cm³/mol. The summed E-state index contributed by atoms with van der Waals surface area (Å²) in [7, 11) is 4.75. The van der Waals surface area contributed by atoms with Crippen LogP contribution in [0.4, 0.5) is 0 Å². The Bertz CT molecular complexity index is 609. The highest BCUT2D eigenvalue weighted by atomic mass is 16.9. The van der Waals surface area contributed by atoms with Crippen molar-refractivity contribution in [3.8, 4) is 0 Å². The van der Waals surface area contributed by atoms with Crippen LogP contribution in [-0.4, -0.2) is 123 Å². The molecule has 0 aliphatic heterocycles. The summed E-state index contributed by atoms with van der Waals surface area (Å²) >= 11 is 0. The van der Waals surface area contributed by atoms with E-state index in [1.54, 1.807) is 39.5 Å². The van der Waals surface area contributed by atoms with Gasteiger partial charge in [-0.2, -0.15) is 0 Å². The minimum Gasteiger partial charge on any atom is -0.481 e. The third-order valence-electron chi connectivity index (χ3n) is 4.74. The summed E-state index contributed by atoms with van der Waals surface area (Å²) in [5, 5.41) is 9.97. The zero-order valence-corrected chi connectivity index (χ0v) is 21.6. The Morgan fingerprint density at radius 3 is 1.56 bits per heavy atom. The monoisotopic (exact) mass is 519 g/mol. The number of hydrogen-bond donors (Lipinski definition) is 1. The minimum absolute atomic E-state index is 0.0906. The van der Waals surface area contributed by atoms with Crippen molar-refractivity contribution in [3.05, 3.63) is 30.1 Å². The summed E-state index contributed by atoms with van der Waals surface area (Å²) in [6, 6.07) is 5.07. The molecule has 0 aliphatic rings. The molecule has 1 heterocycles. The van der Waals surface area contributed by atoms with Crippen molar-refractivity contribution >= 4 is 5.97 Å². The van der Waals surface area contributed by atoms with Gasteiger partial charge in [0.1, 0.15) is 5.92 Å². The number of rotatable bonds is 25. The molecule has 1 rings (SSSR count). The van der Waals surface area contributed by atoms with Gasteiger partial charge in [0.2, 0.25) is 0 Å². The van der Waals surface area contributed by atoms with Crippen molar-refractivity contribution in [2.24, 2.45) is 0 Å². The first-order valence-electron chi connectivity index (χ1n) is 11.8. The second-order valence-corrected chi connectivity index (χ2v) is 7.39. The SMILES string of the molecule is COCCOCCOC(CC(C(=O)O)c1ccccn1)(OCCOCCOC)OCCOCCOC. The lowest BCUT2D eigenvalue weighted by Crippen LogP contribution is -2.44. The van der Waals surface area contributed by atoms with Crippen LogP contribution in [0.5, 0.6) is 0 Å². The van der Waals surface area contributed by atoms with Gasteiger partial charge in [0.15, 0.2) is 0 Å². The summed E-state index contributed by atoms with van der Waals surface area (Å²) in [4.78, 5) is 16.4. The molecule has 12 nitrogen and oxygen atoms in total. The maximum atomic E-state index is 12.2. The lowest BCUT2D eigenvalue weighted by Gasteiger charge is -2.35. The van der Waals surface area contributed by atoms with Gasteiger partial charge in [-0.05, 0) is 12.1 Å². The highest BCUT2D eigenvalue weighted by Gasteiger charge is 2.40. The molecule has 0 bridgehead atoms. The Kier molecular flexibility index (Phi) is 19.2. The second kappa shape index (κ2) is 21.4. The number of pyridine rings is 1. The van der Waals surface area contributed by atoms with Gasteiger partial charge in [-0.1, -0.05) is 6.07 Å². The largest absolute Gasteiger partial charge is 0.481 e. The second-order valence-electron chi connectivity index (χ2n) is 7.39. The molecule has 0 amide bonds. The van der Waals surface area contributed by atoms with Crippen molar-refractivity contribution < 1.29 is 52.5 Å². The van der Waals surface area contributed by atoms with Crippen molar-refractivity contribution in [2.75, 3.05) is 101 Å². The molecule has 36 heavy (non-hydrogen) atoms. The van der Waals surface area contributed by atoms with Gasteiger partial charge in [0.05, 0.1) is 85.0 Å². The minimum atomic E-state index is -1.71. The molecule has 1 N–H and O–H groups in total. The number of ether oxygens (including phenoxy) is 9. The van der Waals surface area contributed by atoms with E-state index in [2.05, 4.69) is 4.98 Å². The fourth-order valence-electron chi connectivity index (χ4n) is 2.95. The quantitative estimate of drug-likeness (QED) is 0.148. The van der Waals surface area contributed by atoms with Gasteiger partial charge in [-0.3, -0.25) is 9.78 Å². The highest BCUT2D eigenvalue weighted by molar-refractivity contribution is 5.75.